The molecule has 21 heavy (non-hydrogen) atoms. The number of aliphatic hydroxyl groups excluding tert-OH is 1. The maximum Gasteiger partial charge on any atom is 0.421 e. The summed E-state index contributed by atoms with van der Waals surface area (Å²) in [6.07, 6.45) is 3.21. The largest absolute Gasteiger partial charge is 0.443 e. The summed E-state index contributed by atoms with van der Waals surface area (Å²) in [4.78, 5) is 11.4. The first-order valence-corrected chi connectivity index (χ1v) is 9.12. The molecule has 0 aromatic heterocycles. The zero-order valence-corrected chi connectivity index (χ0v) is 14.3. The second-order valence-corrected chi connectivity index (χ2v) is 8.06. The quantitative estimate of drug-likeness (QED) is 0.636. The predicted molar refractivity (Wildman–Crippen MR) is 82.5 cm³/mol. The van der Waals surface area contributed by atoms with Crippen LogP contribution in [-0.2, 0) is 14.8 Å². The van der Waals surface area contributed by atoms with Gasteiger partial charge in [0.25, 0.3) is 0 Å². The van der Waals surface area contributed by atoms with Crippen LogP contribution in [0.25, 0.3) is 0 Å². The first kappa shape index (κ1) is 20.2. The van der Waals surface area contributed by atoms with Gasteiger partial charge in [-0.05, 0) is 33.6 Å². The van der Waals surface area contributed by atoms with Crippen molar-refractivity contribution in [3.8, 4) is 0 Å². The van der Waals surface area contributed by atoms with Crippen LogP contribution in [0.5, 0.6) is 0 Å². The van der Waals surface area contributed by atoms with Crippen LogP contribution < -0.4 is 4.72 Å². The molecule has 0 aliphatic carbocycles. The molecule has 1 atom stereocenters. The van der Waals surface area contributed by atoms with Crippen LogP contribution in [-0.4, -0.2) is 37.1 Å². The second kappa shape index (κ2) is 9.25. The number of sulfonamides is 1. The lowest BCUT2D eigenvalue weighted by Gasteiger charge is -2.19. The Morgan fingerprint density at radius 3 is 2.33 bits per heavy atom. The highest BCUT2D eigenvalue weighted by Crippen LogP contribution is 2.10. The number of hydrogen-bond acceptors (Lipinski definition) is 5. The van der Waals surface area contributed by atoms with Gasteiger partial charge in [-0.2, -0.15) is 0 Å². The molecule has 0 aromatic rings. The molecular formula is C14H29NO5S. The van der Waals surface area contributed by atoms with Gasteiger partial charge in [-0.3, -0.25) is 0 Å². The van der Waals surface area contributed by atoms with Crippen molar-refractivity contribution in [3.05, 3.63) is 0 Å². The minimum absolute atomic E-state index is 0.115. The van der Waals surface area contributed by atoms with Crippen LogP contribution in [0.3, 0.4) is 0 Å². The van der Waals surface area contributed by atoms with Gasteiger partial charge in [-0.1, -0.05) is 32.6 Å². The second-order valence-electron chi connectivity index (χ2n) is 6.21. The molecule has 1 amide bonds. The molecule has 0 saturated carbocycles. The fraction of sp³-hybridized carbons (Fsp3) is 0.929. The van der Waals surface area contributed by atoms with Crippen molar-refractivity contribution in [3.63, 3.8) is 0 Å². The van der Waals surface area contributed by atoms with Crippen LogP contribution >= 0.6 is 0 Å². The van der Waals surface area contributed by atoms with Crippen LogP contribution in [0, 0.1) is 0 Å². The first-order valence-electron chi connectivity index (χ1n) is 7.47. The van der Waals surface area contributed by atoms with Gasteiger partial charge < -0.3 is 9.84 Å². The van der Waals surface area contributed by atoms with Gasteiger partial charge in [-0.25, -0.2) is 17.9 Å². The van der Waals surface area contributed by atoms with Crippen molar-refractivity contribution in [1.82, 2.24) is 4.72 Å². The van der Waals surface area contributed by atoms with Gasteiger partial charge in [0.05, 0.1) is 11.9 Å². The lowest BCUT2D eigenvalue weighted by molar-refractivity contribution is 0.0569. The van der Waals surface area contributed by atoms with E-state index in [4.69, 9.17) is 4.74 Å². The molecule has 6 nitrogen and oxygen atoms in total. The van der Waals surface area contributed by atoms with E-state index in [1.54, 1.807) is 20.8 Å². The average Bonchev–Trinajstić information content (AvgIpc) is 2.29. The number of aliphatic hydroxyl groups is 1. The van der Waals surface area contributed by atoms with Gasteiger partial charge in [0.2, 0.25) is 10.0 Å². The molecule has 126 valence electrons. The van der Waals surface area contributed by atoms with Gasteiger partial charge in [0.1, 0.15) is 5.60 Å². The smallest absolute Gasteiger partial charge is 0.421 e. The van der Waals surface area contributed by atoms with Gasteiger partial charge >= 0.3 is 6.09 Å². The number of carbonyl (C=O) groups is 1. The van der Waals surface area contributed by atoms with Crippen molar-refractivity contribution >= 4 is 16.1 Å². The summed E-state index contributed by atoms with van der Waals surface area (Å²) in [6, 6.07) is 0. The Morgan fingerprint density at radius 1 is 1.19 bits per heavy atom. The van der Waals surface area contributed by atoms with E-state index >= 15 is 0 Å². The van der Waals surface area contributed by atoms with Crippen LogP contribution in [0.2, 0.25) is 0 Å². The lowest BCUT2D eigenvalue weighted by atomic mass is 10.1. The predicted octanol–water partition coefficient (Wildman–Crippen LogP) is 2.56. The number of carbonyl (C=O) groups excluding carboxylic acids is 1. The average molecular weight is 323 g/mol. The highest BCUT2D eigenvalue weighted by molar-refractivity contribution is 7.90. The number of nitrogens with one attached hydrogen (secondary N) is 1. The topological polar surface area (TPSA) is 92.7 Å². The monoisotopic (exact) mass is 323 g/mol. The maximum atomic E-state index is 11.7. The van der Waals surface area contributed by atoms with E-state index in [0.29, 0.717) is 6.42 Å². The number of hydrogen-bond donors (Lipinski definition) is 2. The number of rotatable bonds is 9. The highest BCUT2D eigenvalue weighted by atomic mass is 32.2. The SMILES string of the molecule is CCCCCCC(O)CCS(=O)(=O)NC(=O)OC(C)(C)C. The Hall–Kier alpha value is -0.820. The van der Waals surface area contributed by atoms with E-state index in [1.165, 1.54) is 0 Å². The molecule has 0 rings (SSSR count). The molecule has 2 N–H and O–H groups in total. The van der Waals surface area contributed by atoms with Gasteiger partial charge in [0.15, 0.2) is 0 Å². The lowest BCUT2D eigenvalue weighted by Crippen LogP contribution is -2.38. The first-order chi connectivity index (χ1) is 9.56. The third-order valence-electron chi connectivity index (χ3n) is 2.75. The summed E-state index contributed by atoms with van der Waals surface area (Å²) in [5, 5.41) is 9.72. The molecule has 0 aliphatic heterocycles. The van der Waals surface area contributed by atoms with Crippen molar-refractivity contribution in [2.24, 2.45) is 0 Å². The summed E-state index contributed by atoms with van der Waals surface area (Å²) in [5.41, 5.74) is -0.752. The zero-order valence-electron chi connectivity index (χ0n) is 13.5. The Balaban J connectivity index is 4.04. The van der Waals surface area contributed by atoms with E-state index in [2.05, 4.69) is 6.92 Å². The Kier molecular flexibility index (Phi) is 8.89. The van der Waals surface area contributed by atoms with E-state index in [-0.39, 0.29) is 12.2 Å². The van der Waals surface area contributed by atoms with Crippen molar-refractivity contribution in [2.75, 3.05) is 5.75 Å². The molecule has 1 unspecified atom stereocenters. The molecule has 0 radical (unpaired) electrons. The van der Waals surface area contributed by atoms with Crippen molar-refractivity contribution in [1.29, 1.82) is 0 Å². The summed E-state index contributed by atoms with van der Waals surface area (Å²) in [6.45, 7) is 7.06. The van der Waals surface area contributed by atoms with Crippen LogP contribution in [0.1, 0.15) is 66.2 Å². The van der Waals surface area contributed by atoms with E-state index in [1.807, 2.05) is 4.72 Å². The Bertz CT molecular complexity index is 400. The summed E-state index contributed by atoms with van der Waals surface area (Å²) in [7, 11) is -3.77. The van der Waals surface area contributed by atoms with E-state index < -0.39 is 27.8 Å². The summed E-state index contributed by atoms with van der Waals surface area (Å²) < 4.78 is 30.1. The molecule has 0 heterocycles. The highest BCUT2D eigenvalue weighted by Gasteiger charge is 2.22. The third kappa shape index (κ3) is 12.6. The zero-order chi connectivity index (χ0) is 16.5. The van der Waals surface area contributed by atoms with Crippen molar-refractivity contribution in [2.45, 2.75) is 77.9 Å². The minimum Gasteiger partial charge on any atom is -0.443 e. The standard InChI is InChI=1S/C14H29NO5S/c1-5-6-7-8-9-12(16)10-11-21(18,19)15-13(17)20-14(2,3)4/h12,16H,5-11H2,1-4H3,(H,15,17). The van der Waals surface area contributed by atoms with Crippen LogP contribution in [0.4, 0.5) is 4.79 Å². The number of amides is 1. The van der Waals surface area contributed by atoms with E-state index in [0.717, 1.165) is 25.7 Å². The number of ether oxygens (including phenoxy) is 1. The molecule has 0 spiro atoms. The van der Waals surface area contributed by atoms with Gasteiger partial charge in [-0.15, -0.1) is 0 Å². The third-order valence-corrected chi connectivity index (χ3v) is 4.00. The minimum atomic E-state index is -3.77. The maximum absolute atomic E-state index is 11.7. The Morgan fingerprint density at radius 2 is 1.81 bits per heavy atom. The summed E-state index contributed by atoms with van der Waals surface area (Å²) in [5.74, 6) is -0.290. The number of unbranched alkanes of at least 4 members (excludes halogenated alkanes) is 3. The van der Waals surface area contributed by atoms with Crippen molar-refractivity contribution < 1.29 is 23.1 Å². The molecule has 0 fully saturated rings. The molecule has 0 saturated heterocycles. The molecule has 0 bridgehead atoms. The molecule has 0 aromatic carbocycles. The van der Waals surface area contributed by atoms with Crippen LogP contribution in [0.15, 0.2) is 0 Å². The Labute approximate surface area is 128 Å². The molecule has 7 heteroatoms. The fourth-order valence-corrected chi connectivity index (χ4v) is 2.70. The normalized spacial score (nSPS) is 13.8. The van der Waals surface area contributed by atoms with Gasteiger partial charge in [0, 0.05) is 0 Å². The molecule has 0 aliphatic rings. The summed E-state index contributed by atoms with van der Waals surface area (Å²) >= 11 is 0. The molecular weight excluding hydrogens is 294 g/mol. The fourth-order valence-electron chi connectivity index (χ4n) is 1.72. The van der Waals surface area contributed by atoms with E-state index in [9.17, 15) is 18.3 Å².